The van der Waals surface area contributed by atoms with Crippen LogP contribution in [0.1, 0.15) is 22.3 Å². The maximum atomic E-state index is 12.5. The number of nitrogens with one attached hydrogen (secondary N) is 2. The topological polar surface area (TPSA) is 92.3 Å². The second kappa shape index (κ2) is 8.12. The Balaban J connectivity index is 1.27. The third kappa shape index (κ3) is 3.84. The average molecular weight is 420 g/mol. The molecule has 7 heteroatoms. The van der Waals surface area contributed by atoms with Crippen molar-refractivity contribution < 1.29 is 18.0 Å². The monoisotopic (exact) mass is 420 g/mol. The molecular weight excluding hydrogens is 400 g/mol. The molecule has 0 saturated heterocycles. The molecule has 30 heavy (non-hydrogen) atoms. The van der Waals surface area contributed by atoms with Gasteiger partial charge in [-0.05, 0) is 47.0 Å². The first-order valence-corrected chi connectivity index (χ1v) is 11.1. The molecule has 0 aromatic heterocycles. The van der Waals surface area contributed by atoms with E-state index in [0.717, 1.165) is 10.8 Å². The molecule has 0 unspecified atom stereocenters. The molecule has 4 rings (SSSR count). The van der Waals surface area contributed by atoms with Crippen molar-refractivity contribution in [2.45, 2.75) is 11.3 Å². The van der Waals surface area contributed by atoms with Crippen LogP contribution in [0.15, 0.2) is 76.5 Å². The third-order valence-corrected chi connectivity index (χ3v) is 6.78. The van der Waals surface area contributed by atoms with E-state index in [2.05, 4.69) is 10.6 Å². The van der Waals surface area contributed by atoms with Crippen LogP contribution in [0, 0.1) is 0 Å². The van der Waals surface area contributed by atoms with Gasteiger partial charge >= 0.3 is 0 Å². The van der Waals surface area contributed by atoms with E-state index in [0.29, 0.717) is 24.1 Å². The normalized spacial score (nSPS) is 14.1. The smallest absolute Gasteiger partial charge is 0.263 e. The van der Waals surface area contributed by atoms with Gasteiger partial charge in [-0.3, -0.25) is 9.59 Å². The van der Waals surface area contributed by atoms with Gasteiger partial charge in [-0.15, -0.1) is 0 Å². The summed E-state index contributed by atoms with van der Waals surface area (Å²) >= 11 is 0. The van der Waals surface area contributed by atoms with Gasteiger partial charge in [0, 0.05) is 18.7 Å². The fraction of sp³-hybridized carbons (Fsp3) is 0.130. The Labute approximate surface area is 174 Å². The zero-order chi connectivity index (χ0) is 21.1. The summed E-state index contributed by atoms with van der Waals surface area (Å²) in [5.74, 6) is -0.823. The molecule has 0 aliphatic carbocycles. The molecule has 1 aliphatic rings. The van der Waals surface area contributed by atoms with Crippen molar-refractivity contribution in [1.82, 2.24) is 10.6 Å². The minimum absolute atomic E-state index is 0.151. The first kappa shape index (κ1) is 19.8. The van der Waals surface area contributed by atoms with Crippen LogP contribution < -0.4 is 10.6 Å². The first-order valence-electron chi connectivity index (χ1n) is 9.58. The Morgan fingerprint density at radius 1 is 0.767 bits per heavy atom. The van der Waals surface area contributed by atoms with Gasteiger partial charge in [-0.2, -0.15) is 0 Å². The van der Waals surface area contributed by atoms with Gasteiger partial charge in [-0.25, -0.2) is 8.42 Å². The molecule has 0 fully saturated rings. The lowest BCUT2D eigenvalue weighted by Gasteiger charge is -2.08. The van der Waals surface area contributed by atoms with E-state index in [-0.39, 0.29) is 22.3 Å². The summed E-state index contributed by atoms with van der Waals surface area (Å²) in [6.45, 7) is 0.609. The van der Waals surface area contributed by atoms with Gasteiger partial charge in [0.2, 0.25) is 9.84 Å². The van der Waals surface area contributed by atoms with Crippen LogP contribution >= 0.6 is 0 Å². The summed E-state index contributed by atoms with van der Waals surface area (Å²) in [6, 6.07) is 19.8. The highest BCUT2D eigenvalue weighted by Gasteiger charge is 2.33. The van der Waals surface area contributed by atoms with Crippen LogP contribution in [0.3, 0.4) is 0 Å². The second-order valence-corrected chi connectivity index (χ2v) is 8.86. The highest BCUT2D eigenvalue weighted by Crippen LogP contribution is 2.32. The Hall–Kier alpha value is -3.45. The molecule has 2 amide bonds. The number of carbonyl (C=O) groups excluding carboxylic acids is 2. The molecule has 1 aliphatic heterocycles. The lowest BCUT2D eigenvalue weighted by Crippen LogP contribution is -2.31. The predicted octanol–water partition coefficient (Wildman–Crippen LogP) is 2.90. The number of fused-ring (bicyclic) bond motifs is 2. The van der Waals surface area contributed by atoms with E-state index < -0.39 is 15.7 Å². The van der Waals surface area contributed by atoms with Crippen LogP contribution in [0.2, 0.25) is 0 Å². The van der Waals surface area contributed by atoms with Gasteiger partial charge < -0.3 is 10.6 Å². The number of rotatable bonds is 6. The van der Waals surface area contributed by atoms with E-state index in [4.69, 9.17) is 0 Å². The van der Waals surface area contributed by atoms with E-state index in [1.807, 2.05) is 36.4 Å². The van der Waals surface area contributed by atoms with E-state index >= 15 is 0 Å². The number of benzene rings is 3. The Morgan fingerprint density at radius 3 is 2.20 bits per heavy atom. The molecule has 6 nitrogen and oxygen atoms in total. The summed E-state index contributed by atoms with van der Waals surface area (Å²) in [5.41, 5.74) is 1.09. The van der Waals surface area contributed by atoms with Crippen molar-refractivity contribution >= 4 is 38.5 Å². The Kier molecular flexibility index (Phi) is 5.37. The molecule has 0 bridgehead atoms. The van der Waals surface area contributed by atoms with Crippen molar-refractivity contribution in [2.75, 3.05) is 13.1 Å². The Morgan fingerprint density at radius 2 is 1.43 bits per heavy atom. The SMILES string of the molecule is O=C(NCCCNC(=O)c1ccc2ccccc2c1)C1=Cc2ccccc2S1(=O)=O. The summed E-state index contributed by atoms with van der Waals surface area (Å²) in [5, 5.41) is 7.48. The number of hydrogen-bond donors (Lipinski definition) is 2. The molecular formula is C23H20N2O4S. The van der Waals surface area contributed by atoms with Gasteiger partial charge in [0.1, 0.15) is 4.91 Å². The number of carbonyl (C=O) groups is 2. The van der Waals surface area contributed by atoms with E-state index in [9.17, 15) is 18.0 Å². The summed E-state index contributed by atoms with van der Waals surface area (Å²) in [7, 11) is -3.78. The molecule has 0 radical (unpaired) electrons. The van der Waals surface area contributed by atoms with E-state index in [1.54, 1.807) is 24.3 Å². The van der Waals surface area contributed by atoms with Crippen molar-refractivity contribution in [3.8, 4) is 0 Å². The molecule has 3 aromatic carbocycles. The highest BCUT2D eigenvalue weighted by atomic mass is 32.2. The Bertz CT molecular complexity index is 1280. The maximum absolute atomic E-state index is 12.5. The summed E-state index contributed by atoms with van der Waals surface area (Å²) in [4.78, 5) is 24.5. The second-order valence-electron chi connectivity index (χ2n) is 6.98. The fourth-order valence-corrected chi connectivity index (χ4v) is 4.91. The molecule has 0 saturated carbocycles. The van der Waals surface area contributed by atoms with Gasteiger partial charge in [0.15, 0.2) is 0 Å². The van der Waals surface area contributed by atoms with Crippen LogP contribution in [-0.2, 0) is 14.6 Å². The lowest BCUT2D eigenvalue weighted by atomic mass is 10.1. The quantitative estimate of drug-likeness (QED) is 0.600. The van der Waals surface area contributed by atoms with Crippen molar-refractivity contribution in [3.05, 3.63) is 82.8 Å². The molecule has 1 heterocycles. The standard InChI is InChI=1S/C23H20N2O4S/c26-22(19-11-10-16-6-1-2-7-17(16)14-19)24-12-5-13-25-23(27)21-15-18-8-3-4-9-20(18)30(21,28)29/h1-4,6-11,14-15H,5,12-13H2,(H,24,26)(H,25,27). The molecule has 152 valence electrons. The molecule has 0 atom stereocenters. The molecule has 0 spiro atoms. The predicted molar refractivity (Wildman–Crippen MR) is 116 cm³/mol. The highest BCUT2D eigenvalue weighted by molar-refractivity contribution is 7.96. The van der Waals surface area contributed by atoms with Crippen LogP contribution in [-0.4, -0.2) is 33.3 Å². The van der Waals surface area contributed by atoms with Crippen LogP contribution in [0.25, 0.3) is 16.8 Å². The van der Waals surface area contributed by atoms with Gasteiger partial charge in [-0.1, -0.05) is 48.5 Å². The van der Waals surface area contributed by atoms with Gasteiger partial charge in [0.25, 0.3) is 11.8 Å². The van der Waals surface area contributed by atoms with Gasteiger partial charge in [0.05, 0.1) is 4.90 Å². The zero-order valence-electron chi connectivity index (χ0n) is 16.1. The number of amides is 2. The summed E-state index contributed by atoms with van der Waals surface area (Å²) < 4.78 is 24.9. The minimum Gasteiger partial charge on any atom is -0.352 e. The number of hydrogen-bond acceptors (Lipinski definition) is 4. The van der Waals surface area contributed by atoms with Crippen molar-refractivity contribution in [1.29, 1.82) is 0 Å². The molecule has 2 N–H and O–H groups in total. The largest absolute Gasteiger partial charge is 0.352 e. The average Bonchev–Trinajstić information content (AvgIpc) is 3.04. The van der Waals surface area contributed by atoms with Crippen molar-refractivity contribution in [2.24, 2.45) is 0 Å². The van der Waals surface area contributed by atoms with Crippen LogP contribution in [0.5, 0.6) is 0 Å². The minimum atomic E-state index is -3.78. The lowest BCUT2D eigenvalue weighted by molar-refractivity contribution is -0.116. The third-order valence-electron chi connectivity index (χ3n) is 4.94. The number of sulfone groups is 1. The zero-order valence-corrected chi connectivity index (χ0v) is 16.9. The first-order chi connectivity index (χ1) is 14.5. The molecule has 3 aromatic rings. The fourth-order valence-electron chi connectivity index (χ4n) is 3.38. The van der Waals surface area contributed by atoms with Crippen LogP contribution in [0.4, 0.5) is 0 Å². The van der Waals surface area contributed by atoms with Crippen molar-refractivity contribution in [3.63, 3.8) is 0 Å². The van der Waals surface area contributed by atoms with E-state index in [1.165, 1.54) is 12.1 Å². The maximum Gasteiger partial charge on any atom is 0.263 e. The summed E-state index contributed by atoms with van der Waals surface area (Å²) in [6.07, 6.45) is 1.87.